The van der Waals surface area contributed by atoms with Crippen molar-refractivity contribution in [1.82, 2.24) is 4.90 Å². The number of halogens is 1. The molecule has 0 aromatic heterocycles. The normalized spacial score (nSPS) is 13.2. The van der Waals surface area contributed by atoms with Crippen molar-refractivity contribution in [2.75, 3.05) is 18.5 Å². The number of aryl methyl sites for hydroxylation is 3. The smallest absolute Gasteiger partial charge is 0.303 e. The van der Waals surface area contributed by atoms with Gasteiger partial charge in [0.1, 0.15) is 18.2 Å². The van der Waals surface area contributed by atoms with Crippen LogP contribution in [0.2, 0.25) is 0 Å². The van der Waals surface area contributed by atoms with Crippen LogP contribution in [0.25, 0.3) is 11.1 Å². The Balaban J connectivity index is 1.40. The second-order valence-corrected chi connectivity index (χ2v) is 9.47. The average Bonchev–Trinajstić information content (AvgIpc) is 3.19. The molecule has 0 saturated carbocycles. The van der Waals surface area contributed by atoms with E-state index in [0.29, 0.717) is 23.5 Å². The van der Waals surface area contributed by atoms with E-state index in [2.05, 4.69) is 11.4 Å². The highest BCUT2D eigenvalue weighted by Gasteiger charge is 2.28. The highest BCUT2D eigenvalue weighted by molar-refractivity contribution is 6.01. The molecule has 3 aromatic carbocycles. The van der Waals surface area contributed by atoms with Gasteiger partial charge in [0.25, 0.3) is 0 Å². The minimum Gasteiger partial charge on any atom is -0.492 e. The minimum atomic E-state index is -0.952. The van der Waals surface area contributed by atoms with Crippen molar-refractivity contribution in [3.63, 3.8) is 0 Å². The summed E-state index contributed by atoms with van der Waals surface area (Å²) >= 11 is 0. The molecule has 2 amide bonds. The number of ether oxygens (including phenoxy) is 1. The fourth-order valence-electron chi connectivity index (χ4n) is 4.73. The Kier molecular flexibility index (Phi) is 8.41. The number of imide groups is 1. The Labute approximate surface area is 221 Å². The zero-order valence-electron chi connectivity index (χ0n) is 21.6. The van der Waals surface area contributed by atoms with Gasteiger partial charge in [0.2, 0.25) is 11.8 Å². The maximum atomic E-state index is 14.3. The van der Waals surface area contributed by atoms with Crippen LogP contribution in [-0.2, 0) is 27.3 Å². The van der Waals surface area contributed by atoms with Crippen molar-refractivity contribution in [3.05, 3.63) is 82.7 Å². The molecule has 8 heteroatoms. The highest BCUT2D eigenvalue weighted by atomic mass is 19.1. The Morgan fingerprint density at radius 2 is 1.74 bits per heavy atom. The highest BCUT2D eigenvalue weighted by Crippen LogP contribution is 2.32. The first-order chi connectivity index (χ1) is 18.2. The number of carboxylic acid groups (broad SMARTS) is 1. The van der Waals surface area contributed by atoms with Crippen molar-refractivity contribution in [2.24, 2.45) is 0 Å². The largest absolute Gasteiger partial charge is 0.492 e. The fourth-order valence-corrected chi connectivity index (χ4v) is 4.73. The molecule has 0 bridgehead atoms. The van der Waals surface area contributed by atoms with Crippen LogP contribution in [0.1, 0.15) is 41.5 Å². The fraction of sp³-hybridized carbons (Fsp3) is 0.300. The summed E-state index contributed by atoms with van der Waals surface area (Å²) in [6.07, 6.45) is 0.600. The summed E-state index contributed by atoms with van der Waals surface area (Å²) in [4.78, 5) is 35.6. The van der Waals surface area contributed by atoms with E-state index in [4.69, 9.17) is 9.84 Å². The van der Waals surface area contributed by atoms with Crippen LogP contribution in [-0.4, -0.2) is 40.9 Å². The van der Waals surface area contributed by atoms with Crippen LogP contribution < -0.4 is 10.1 Å². The molecule has 0 aliphatic carbocycles. The SMILES string of the molecule is Cc1cc(OCCN2C(=O)CCC2=O)cc(C)c1-c1cccc(CNc2ccc(CCC(=O)O)c(F)c2)c1. The van der Waals surface area contributed by atoms with E-state index in [1.54, 1.807) is 12.1 Å². The number of nitrogens with one attached hydrogen (secondary N) is 1. The number of carbonyl (C=O) groups excluding carboxylic acids is 2. The zero-order chi connectivity index (χ0) is 27.2. The zero-order valence-corrected chi connectivity index (χ0v) is 21.6. The van der Waals surface area contributed by atoms with Gasteiger partial charge in [-0.15, -0.1) is 0 Å². The number of likely N-dealkylation sites (tertiary alicyclic amines) is 1. The summed E-state index contributed by atoms with van der Waals surface area (Å²) in [6, 6.07) is 16.8. The van der Waals surface area contributed by atoms with Crippen molar-refractivity contribution >= 4 is 23.5 Å². The summed E-state index contributed by atoms with van der Waals surface area (Å²) in [6.45, 7) is 5.03. The van der Waals surface area contributed by atoms with Crippen molar-refractivity contribution in [1.29, 1.82) is 0 Å². The molecule has 0 radical (unpaired) electrons. The van der Waals surface area contributed by atoms with Crippen molar-refractivity contribution in [3.8, 4) is 16.9 Å². The quantitative estimate of drug-likeness (QED) is 0.336. The third-order valence-electron chi connectivity index (χ3n) is 6.62. The molecule has 2 N–H and O–H groups in total. The molecule has 0 spiro atoms. The lowest BCUT2D eigenvalue weighted by atomic mass is 9.94. The van der Waals surface area contributed by atoms with Gasteiger partial charge >= 0.3 is 5.97 Å². The number of hydrogen-bond acceptors (Lipinski definition) is 5. The van der Waals surface area contributed by atoms with Crippen LogP contribution in [0.15, 0.2) is 54.6 Å². The first-order valence-electron chi connectivity index (χ1n) is 12.6. The molecule has 1 saturated heterocycles. The first kappa shape index (κ1) is 26.9. The number of carbonyl (C=O) groups is 3. The second kappa shape index (κ2) is 11.9. The van der Waals surface area contributed by atoms with Crippen molar-refractivity contribution < 1.29 is 28.6 Å². The number of hydrogen-bond donors (Lipinski definition) is 2. The molecule has 198 valence electrons. The Bertz CT molecular complexity index is 1330. The standard InChI is InChI=1S/C30H31FN2O5/c1-19-14-25(38-13-12-33-27(34)9-10-28(33)35)15-20(2)30(19)23-5-3-4-21(16-23)18-32-24-8-6-22(26(31)17-24)7-11-29(36)37/h3-6,8,14-17,32H,7,9-13,18H2,1-2H3,(H,36,37). The predicted molar refractivity (Wildman–Crippen MR) is 142 cm³/mol. The second-order valence-electron chi connectivity index (χ2n) is 9.47. The van der Waals surface area contributed by atoms with Gasteiger partial charge in [0, 0.05) is 31.5 Å². The number of amides is 2. The summed E-state index contributed by atoms with van der Waals surface area (Å²) in [5.74, 6) is -0.971. The van der Waals surface area contributed by atoms with Gasteiger partial charge in [-0.3, -0.25) is 19.3 Å². The van der Waals surface area contributed by atoms with Gasteiger partial charge < -0.3 is 15.2 Å². The summed E-state index contributed by atoms with van der Waals surface area (Å²) < 4.78 is 20.2. The van der Waals surface area contributed by atoms with E-state index in [1.807, 2.05) is 44.2 Å². The molecule has 0 unspecified atom stereocenters. The number of rotatable bonds is 11. The van der Waals surface area contributed by atoms with Gasteiger partial charge in [0.15, 0.2) is 0 Å². The Morgan fingerprint density at radius 3 is 2.39 bits per heavy atom. The van der Waals surface area contributed by atoms with E-state index in [9.17, 15) is 18.8 Å². The van der Waals surface area contributed by atoms with Crippen LogP contribution in [0.3, 0.4) is 0 Å². The molecule has 38 heavy (non-hydrogen) atoms. The third-order valence-corrected chi connectivity index (χ3v) is 6.62. The monoisotopic (exact) mass is 518 g/mol. The molecule has 0 atom stereocenters. The molecule has 3 aromatic rings. The number of anilines is 1. The maximum Gasteiger partial charge on any atom is 0.303 e. The number of carboxylic acids is 1. The number of nitrogens with zero attached hydrogens (tertiary/aromatic N) is 1. The molecule has 7 nitrogen and oxygen atoms in total. The third kappa shape index (κ3) is 6.56. The number of aliphatic carboxylic acids is 1. The van der Waals surface area contributed by atoms with Gasteiger partial charge in [0.05, 0.1) is 6.54 Å². The van der Waals surface area contributed by atoms with Crippen LogP contribution in [0, 0.1) is 19.7 Å². The van der Waals surface area contributed by atoms with Crippen LogP contribution in [0.4, 0.5) is 10.1 Å². The molecular formula is C30H31FN2O5. The molecule has 1 aliphatic heterocycles. The summed E-state index contributed by atoms with van der Waals surface area (Å²) in [5.41, 5.74) is 6.26. The summed E-state index contributed by atoms with van der Waals surface area (Å²) in [7, 11) is 0. The summed E-state index contributed by atoms with van der Waals surface area (Å²) in [5, 5.41) is 12.0. The van der Waals surface area contributed by atoms with Gasteiger partial charge in [-0.05, 0) is 84.0 Å². The van der Waals surface area contributed by atoms with E-state index in [1.165, 1.54) is 11.0 Å². The van der Waals surface area contributed by atoms with Crippen LogP contribution >= 0.6 is 0 Å². The minimum absolute atomic E-state index is 0.108. The molecule has 1 aliphatic rings. The Morgan fingerprint density at radius 1 is 1.03 bits per heavy atom. The van der Waals surface area contributed by atoms with Crippen LogP contribution in [0.5, 0.6) is 5.75 Å². The molecular weight excluding hydrogens is 487 g/mol. The van der Waals surface area contributed by atoms with Crippen molar-refractivity contribution in [2.45, 2.75) is 46.1 Å². The average molecular weight is 519 g/mol. The van der Waals surface area contributed by atoms with Gasteiger partial charge in [-0.2, -0.15) is 0 Å². The molecule has 1 fully saturated rings. The van der Waals surface area contributed by atoms with Gasteiger partial charge in [-0.25, -0.2) is 4.39 Å². The van der Waals surface area contributed by atoms with E-state index < -0.39 is 11.8 Å². The molecule has 1 heterocycles. The maximum absolute atomic E-state index is 14.3. The lowest BCUT2D eigenvalue weighted by molar-refractivity contribution is -0.139. The lowest BCUT2D eigenvalue weighted by Gasteiger charge is -2.17. The van der Waals surface area contributed by atoms with E-state index in [0.717, 1.165) is 27.8 Å². The topological polar surface area (TPSA) is 95.9 Å². The lowest BCUT2D eigenvalue weighted by Crippen LogP contribution is -2.33. The van der Waals surface area contributed by atoms with E-state index in [-0.39, 0.29) is 50.6 Å². The first-order valence-corrected chi connectivity index (χ1v) is 12.6. The molecule has 4 rings (SSSR count). The van der Waals surface area contributed by atoms with E-state index >= 15 is 0 Å². The Hall–Kier alpha value is -4.20. The predicted octanol–water partition coefficient (Wildman–Crippen LogP) is 5.27. The van der Waals surface area contributed by atoms with Gasteiger partial charge in [-0.1, -0.05) is 24.3 Å². The number of benzene rings is 3.